The van der Waals surface area contributed by atoms with Crippen molar-refractivity contribution in [1.82, 2.24) is 4.98 Å². The van der Waals surface area contributed by atoms with Crippen LogP contribution in [0.1, 0.15) is 10.8 Å². The molecule has 0 aliphatic rings. The largest absolute Gasteiger partial charge is 0.457 e. The molecule has 0 unspecified atom stereocenters. The van der Waals surface area contributed by atoms with E-state index < -0.39 is 0 Å². The molecule has 0 aliphatic carbocycles. The fourth-order valence-electron chi connectivity index (χ4n) is 2.69. The molecule has 136 valence electrons. The molecule has 0 saturated carbocycles. The van der Waals surface area contributed by atoms with Crippen molar-refractivity contribution in [3.05, 3.63) is 86.9 Å². The minimum atomic E-state index is 0.432. The van der Waals surface area contributed by atoms with Gasteiger partial charge in [0.15, 0.2) is 0 Å². The Morgan fingerprint density at radius 2 is 1.86 bits per heavy atom. The molecule has 3 nitrogen and oxygen atoms in total. The summed E-state index contributed by atoms with van der Waals surface area (Å²) in [5.41, 5.74) is 2.99. The van der Waals surface area contributed by atoms with Crippen molar-refractivity contribution < 1.29 is 4.42 Å². The number of hydrogen-bond donors (Lipinski definition) is 0. The summed E-state index contributed by atoms with van der Waals surface area (Å²) in [7, 11) is 0. The Bertz CT molecular complexity index is 1200. The van der Waals surface area contributed by atoms with Gasteiger partial charge in [-0.3, -0.25) is 0 Å². The molecule has 28 heavy (non-hydrogen) atoms. The van der Waals surface area contributed by atoms with Gasteiger partial charge in [-0.25, -0.2) is 4.98 Å². The number of halogens is 2. The Balaban J connectivity index is 1.65. The first-order valence-corrected chi connectivity index (χ1v) is 9.96. The van der Waals surface area contributed by atoms with Gasteiger partial charge in [0, 0.05) is 22.6 Å². The van der Waals surface area contributed by atoms with Crippen molar-refractivity contribution in [3.8, 4) is 28.7 Å². The van der Waals surface area contributed by atoms with Crippen LogP contribution in [0.15, 0.2) is 70.5 Å². The second-order valence-corrected chi connectivity index (χ2v) is 7.52. The number of aromatic nitrogens is 1. The average molecular weight is 423 g/mol. The second-order valence-electron chi connectivity index (χ2n) is 5.88. The van der Waals surface area contributed by atoms with E-state index in [0.29, 0.717) is 37.7 Å². The van der Waals surface area contributed by atoms with Crippen LogP contribution in [0, 0.1) is 11.3 Å². The van der Waals surface area contributed by atoms with Crippen LogP contribution in [-0.2, 0) is 0 Å². The monoisotopic (exact) mass is 422 g/mol. The Kier molecular flexibility index (Phi) is 5.31. The highest BCUT2D eigenvalue weighted by atomic mass is 35.5. The third-order valence-electron chi connectivity index (χ3n) is 4.06. The molecule has 0 N–H and O–H groups in total. The smallest absolute Gasteiger partial charge is 0.136 e. The summed E-state index contributed by atoms with van der Waals surface area (Å²) in [4.78, 5) is 4.59. The summed E-state index contributed by atoms with van der Waals surface area (Å²) >= 11 is 13.8. The van der Waals surface area contributed by atoms with Crippen LogP contribution in [0.25, 0.3) is 34.2 Å². The summed E-state index contributed by atoms with van der Waals surface area (Å²) in [5, 5.41) is 13.1. The molecule has 4 rings (SSSR count). The van der Waals surface area contributed by atoms with E-state index in [4.69, 9.17) is 27.6 Å². The molecule has 6 heteroatoms. The van der Waals surface area contributed by atoms with Crippen LogP contribution in [0.2, 0.25) is 10.0 Å². The van der Waals surface area contributed by atoms with E-state index in [1.165, 1.54) is 11.3 Å². The zero-order chi connectivity index (χ0) is 19.5. The van der Waals surface area contributed by atoms with Crippen LogP contribution >= 0.6 is 34.5 Å². The number of hydrogen-bond acceptors (Lipinski definition) is 4. The molecule has 4 aromatic rings. The first-order valence-electron chi connectivity index (χ1n) is 8.33. The van der Waals surface area contributed by atoms with Gasteiger partial charge >= 0.3 is 0 Å². The molecule has 2 heterocycles. The fourth-order valence-corrected chi connectivity index (χ4v) is 3.88. The van der Waals surface area contributed by atoms with Crippen molar-refractivity contribution in [2.75, 3.05) is 0 Å². The minimum absolute atomic E-state index is 0.432. The van der Waals surface area contributed by atoms with Crippen LogP contribution in [0.5, 0.6) is 0 Å². The highest BCUT2D eigenvalue weighted by Crippen LogP contribution is 2.35. The molecule has 0 atom stereocenters. The Labute approximate surface area is 176 Å². The summed E-state index contributed by atoms with van der Waals surface area (Å²) in [6, 6.07) is 21.0. The minimum Gasteiger partial charge on any atom is -0.457 e. The van der Waals surface area contributed by atoms with Gasteiger partial charge in [-0.2, -0.15) is 5.26 Å². The third kappa shape index (κ3) is 3.74. The number of benzene rings is 2. The van der Waals surface area contributed by atoms with Crippen molar-refractivity contribution in [3.63, 3.8) is 0 Å². The molecular formula is C22H12Cl2N2OS. The van der Waals surface area contributed by atoms with Gasteiger partial charge in [0.05, 0.1) is 21.3 Å². The zero-order valence-corrected chi connectivity index (χ0v) is 16.7. The lowest BCUT2D eigenvalue weighted by Gasteiger charge is -2.02. The van der Waals surface area contributed by atoms with Crippen LogP contribution in [-0.4, -0.2) is 4.98 Å². The summed E-state index contributed by atoms with van der Waals surface area (Å²) in [5.74, 6) is 1.12. The molecule has 2 aromatic carbocycles. The Hall–Kier alpha value is -2.84. The molecule has 0 radical (unpaired) electrons. The van der Waals surface area contributed by atoms with Crippen molar-refractivity contribution in [1.29, 1.82) is 5.26 Å². The molecule has 0 saturated heterocycles. The topological polar surface area (TPSA) is 49.8 Å². The number of nitrogens with zero attached hydrogens (tertiary/aromatic N) is 2. The molecule has 2 aromatic heterocycles. The first-order chi connectivity index (χ1) is 13.7. The second kappa shape index (κ2) is 8.04. The maximum absolute atomic E-state index is 9.59. The van der Waals surface area contributed by atoms with E-state index in [2.05, 4.69) is 11.1 Å². The van der Waals surface area contributed by atoms with Gasteiger partial charge in [0.1, 0.15) is 22.6 Å². The molecule has 0 aliphatic heterocycles. The van der Waals surface area contributed by atoms with Crippen LogP contribution in [0.3, 0.4) is 0 Å². The maximum atomic E-state index is 9.59. The third-order valence-corrected chi connectivity index (χ3v) is 5.75. The van der Waals surface area contributed by atoms with E-state index in [1.807, 2.05) is 47.8 Å². The molecule has 0 fully saturated rings. The van der Waals surface area contributed by atoms with Gasteiger partial charge < -0.3 is 4.42 Å². The van der Waals surface area contributed by atoms with Crippen LogP contribution in [0.4, 0.5) is 0 Å². The van der Waals surface area contributed by atoms with Crippen LogP contribution < -0.4 is 0 Å². The van der Waals surface area contributed by atoms with Gasteiger partial charge in [0.25, 0.3) is 0 Å². The standard InChI is InChI=1S/C22H12Cl2N2OS/c23-18-8-4-7-17(21(18)24)20-10-9-16(27-20)11-15(12-25)22-26-19(13-28-22)14-5-2-1-3-6-14/h1-11,13H. The lowest BCUT2D eigenvalue weighted by molar-refractivity contribution is 0.572. The Morgan fingerprint density at radius 1 is 1.04 bits per heavy atom. The quantitative estimate of drug-likeness (QED) is 0.321. The van der Waals surface area contributed by atoms with Crippen molar-refractivity contribution >= 4 is 46.2 Å². The predicted molar refractivity (Wildman–Crippen MR) is 115 cm³/mol. The fraction of sp³-hybridized carbons (Fsp3) is 0. The molecule has 0 bridgehead atoms. The highest BCUT2D eigenvalue weighted by molar-refractivity contribution is 7.11. The number of furan rings is 1. The highest BCUT2D eigenvalue weighted by Gasteiger charge is 2.13. The number of nitriles is 1. The Morgan fingerprint density at radius 3 is 2.64 bits per heavy atom. The maximum Gasteiger partial charge on any atom is 0.136 e. The van der Waals surface area contributed by atoms with E-state index in [9.17, 15) is 5.26 Å². The molecule has 0 spiro atoms. The average Bonchev–Trinajstić information content (AvgIpc) is 3.39. The van der Waals surface area contributed by atoms with Crippen molar-refractivity contribution in [2.24, 2.45) is 0 Å². The zero-order valence-electron chi connectivity index (χ0n) is 14.4. The van der Waals surface area contributed by atoms with E-state index in [-0.39, 0.29) is 0 Å². The SMILES string of the molecule is N#CC(=Cc1ccc(-c2cccc(Cl)c2Cl)o1)c1nc(-c2ccccc2)cs1. The van der Waals surface area contributed by atoms with Gasteiger partial charge in [-0.15, -0.1) is 11.3 Å². The number of thiazole rings is 1. The molecular weight excluding hydrogens is 411 g/mol. The van der Waals surface area contributed by atoms with Gasteiger partial charge in [-0.1, -0.05) is 59.6 Å². The number of allylic oxidation sites excluding steroid dienone is 1. The van der Waals surface area contributed by atoms with Gasteiger partial charge in [0.2, 0.25) is 0 Å². The summed E-state index contributed by atoms with van der Waals surface area (Å²) < 4.78 is 5.86. The number of rotatable bonds is 4. The normalized spacial score (nSPS) is 11.4. The lowest BCUT2D eigenvalue weighted by atomic mass is 10.2. The summed E-state index contributed by atoms with van der Waals surface area (Å²) in [6.07, 6.45) is 1.68. The lowest BCUT2D eigenvalue weighted by Crippen LogP contribution is -1.82. The first kappa shape index (κ1) is 18.5. The predicted octanol–water partition coefficient (Wildman–Crippen LogP) is 7.44. The van der Waals surface area contributed by atoms with E-state index in [1.54, 1.807) is 24.3 Å². The summed E-state index contributed by atoms with van der Waals surface area (Å²) in [6.45, 7) is 0. The van der Waals surface area contributed by atoms with E-state index >= 15 is 0 Å². The van der Waals surface area contributed by atoms with E-state index in [0.717, 1.165) is 11.3 Å². The molecule has 0 amide bonds. The van der Waals surface area contributed by atoms with Gasteiger partial charge in [-0.05, 0) is 24.3 Å². The van der Waals surface area contributed by atoms with Crippen molar-refractivity contribution in [2.45, 2.75) is 0 Å².